The van der Waals surface area contributed by atoms with E-state index in [1.807, 2.05) is 20.8 Å². The Hall–Kier alpha value is -0.980. The third-order valence-corrected chi connectivity index (χ3v) is 0.359. The second kappa shape index (κ2) is 8.02. The zero-order valence-electron chi connectivity index (χ0n) is 7.02. The van der Waals surface area contributed by atoms with E-state index in [2.05, 4.69) is 13.2 Å². The predicted molar refractivity (Wildman–Crippen MR) is 47.1 cm³/mol. The molecule has 0 spiro atoms. The molecule has 0 aliphatic carbocycles. The van der Waals surface area contributed by atoms with Crippen LogP contribution >= 0.6 is 0 Å². The van der Waals surface area contributed by atoms with E-state index in [9.17, 15) is 0 Å². The molecule has 0 radical (unpaired) electrons. The monoisotopic (exact) mass is 140 g/mol. The van der Waals surface area contributed by atoms with Crippen LogP contribution in [0.3, 0.4) is 0 Å². The molecule has 0 saturated heterocycles. The van der Waals surface area contributed by atoms with Gasteiger partial charge in [-0.1, -0.05) is 17.7 Å². The summed E-state index contributed by atoms with van der Waals surface area (Å²) in [5.74, 6) is 0. The SMILES string of the molecule is C=C(C)C.C=C(C)C=CO. The average Bonchev–Trinajstić information content (AvgIpc) is 1.62. The van der Waals surface area contributed by atoms with Gasteiger partial charge in [-0.25, -0.2) is 0 Å². The van der Waals surface area contributed by atoms with Crippen LogP contribution in [-0.2, 0) is 0 Å². The quantitative estimate of drug-likeness (QED) is 0.337. The fourth-order valence-corrected chi connectivity index (χ4v) is 0.127. The van der Waals surface area contributed by atoms with Crippen molar-refractivity contribution in [1.82, 2.24) is 0 Å². The Bertz CT molecular complexity index is 128. The Kier molecular flexibility index (Phi) is 9.44. The van der Waals surface area contributed by atoms with Crippen molar-refractivity contribution in [2.75, 3.05) is 0 Å². The molecule has 0 aromatic heterocycles. The van der Waals surface area contributed by atoms with Gasteiger partial charge in [-0.2, -0.15) is 0 Å². The highest BCUT2D eigenvalue weighted by molar-refractivity contribution is 5.07. The predicted octanol–water partition coefficient (Wildman–Crippen LogP) is 3.22. The van der Waals surface area contributed by atoms with Crippen LogP contribution in [0.25, 0.3) is 0 Å². The van der Waals surface area contributed by atoms with Crippen LogP contribution in [0.4, 0.5) is 0 Å². The van der Waals surface area contributed by atoms with Crippen molar-refractivity contribution in [2.45, 2.75) is 20.8 Å². The van der Waals surface area contributed by atoms with E-state index >= 15 is 0 Å². The van der Waals surface area contributed by atoms with Gasteiger partial charge in [0.25, 0.3) is 0 Å². The van der Waals surface area contributed by atoms with Crippen LogP contribution in [-0.4, -0.2) is 5.11 Å². The smallest absolute Gasteiger partial charge is 0.0794 e. The minimum Gasteiger partial charge on any atom is -0.516 e. The topological polar surface area (TPSA) is 20.2 Å². The number of hydrogen-bond acceptors (Lipinski definition) is 1. The van der Waals surface area contributed by atoms with Crippen molar-refractivity contribution >= 4 is 0 Å². The number of hydrogen-bond donors (Lipinski definition) is 1. The first-order valence-corrected chi connectivity index (χ1v) is 3.09. The molecule has 0 aromatic rings. The maximum atomic E-state index is 8.00. The summed E-state index contributed by atoms with van der Waals surface area (Å²) in [4.78, 5) is 0. The first kappa shape index (κ1) is 11.8. The zero-order chi connectivity index (χ0) is 8.57. The van der Waals surface area contributed by atoms with Gasteiger partial charge in [0, 0.05) is 0 Å². The van der Waals surface area contributed by atoms with Crippen molar-refractivity contribution in [3.05, 3.63) is 36.6 Å². The van der Waals surface area contributed by atoms with Crippen LogP contribution in [0.15, 0.2) is 36.6 Å². The molecule has 1 nitrogen and oxygen atoms in total. The van der Waals surface area contributed by atoms with E-state index in [-0.39, 0.29) is 0 Å². The third-order valence-electron chi connectivity index (χ3n) is 0.359. The van der Waals surface area contributed by atoms with Crippen molar-refractivity contribution in [2.24, 2.45) is 0 Å². The summed E-state index contributed by atoms with van der Waals surface area (Å²) in [6.45, 7) is 12.8. The molecule has 0 fully saturated rings. The molecule has 1 heteroatoms. The summed E-state index contributed by atoms with van der Waals surface area (Å²) >= 11 is 0. The Morgan fingerprint density at radius 3 is 1.50 bits per heavy atom. The largest absolute Gasteiger partial charge is 0.516 e. The Labute approximate surface area is 63.4 Å². The molecule has 0 bridgehead atoms. The number of aliphatic hydroxyl groups excluding tert-OH is 1. The van der Waals surface area contributed by atoms with Crippen LogP contribution in [0, 0.1) is 0 Å². The molecule has 10 heavy (non-hydrogen) atoms. The van der Waals surface area contributed by atoms with Crippen molar-refractivity contribution in [1.29, 1.82) is 0 Å². The molecule has 58 valence electrons. The second-order valence-corrected chi connectivity index (χ2v) is 2.37. The lowest BCUT2D eigenvalue weighted by molar-refractivity contribution is 0.473. The first-order chi connectivity index (χ1) is 4.50. The Morgan fingerprint density at radius 2 is 1.50 bits per heavy atom. The average molecular weight is 140 g/mol. The lowest BCUT2D eigenvalue weighted by Crippen LogP contribution is -1.56. The molecule has 1 N–H and O–H groups in total. The lowest BCUT2D eigenvalue weighted by atomic mass is 10.4. The minimum absolute atomic E-state index is 0.859. The highest BCUT2D eigenvalue weighted by Gasteiger charge is 1.65. The van der Waals surface area contributed by atoms with E-state index in [0.29, 0.717) is 0 Å². The molecule has 0 saturated carbocycles. The summed E-state index contributed by atoms with van der Waals surface area (Å²) in [6, 6.07) is 0. The van der Waals surface area contributed by atoms with Gasteiger partial charge in [0.2, 0.25) is 0 Å². The molecular formula is C9H16O. The molecule has 0 unspecified atom stereocenters. The maximum Gasteiger partial charge on any atom is 0.0794 e. The summed E-state index contributed by atoms with van der Waals surface area (Å²) in [5, 5.41) is 8.00. The number of allylic oxidation sites excluding steroid dienone is 3. The van der Waals surface area contributed by atoms with Crippen LogP contribution in [0.1, 0.15) is 20.8 Å². The van der Waals surface area contributed by atoms with E-state index < -0.39 is 0 Å². The van der Waals surface area contributed by atoms with Crippen LogP contribution in [0.5, 0.6) is 0 Å². The first-order valence-electron chi connectivity index (χ1n) is 3.09. The summed E-state index contributed by atoms with van der Waals surface area (Å²) in [6.07, 6.45) is 2.50. The highest BCUT2D eigenvalue weighted by atomic mass is 16.2. The summed E-state index contributed by atoms with van der Waals surface area (Å²) in [5.41, 5.74) is 2.03. The van der Waals surface area contributed by atoms with E-state index in [4.69, 9.17) is 5.11 Å². The normalized spacial score (nSPS) is 8.30. The van der Waals surface area contributed by atoms with Crippen LogP contribution in [0.2, 0.25) is 0 Å². The van der Waals surface area contributed by atoms with Gasteiger partial charge < -0.3 is 5.11 Å². The molecule has 0 amide bonds. The highest BCUT2D eigenvalue weighted by Crippen LogP contribution is 1.84. The van der Waals surface area contributed by atoms with E-state index in [1.54, 1.807) is 0 Å². The van der Waals surface area contributed by atoms with Gasteiger partial charge >= 0.3 is 0 Å². The van der Waals surface area contributed by atoms with Crippen molar-refractivity contribution in [3.63, 3.8) is 0 Å². The van der Waals surface area contributed by atoms with Gasteiger partial charge in [0.15, 0.2) is 0 Å². The van der Waals surface area contributed by atoms with Gasteiger partial charge in [-0.15, -0.1) is 6.58 Å². The molecule has 0 rings (SSSR count). The number of rotatable bonds is 1. The molecule has 0 atom stereocenters. The second-order valence-electron chi connectivity index (χ2n) is 2.37. The fraction of sp³-hybridized carbons (Fsp3) is 0.333. The standard InChI is InChI=1S/C5H8O.C4H8/c1-5(2)3-4-6;1-4(2)3/h3-4,6H,1H2,2H3;1H2,2-3H3. The molecule has 0 aliphatic heterocycles. The number of aliphatic hydroxyl groups is 1. The van der Waals surface area contributed by atoms with Crippen molar-refractivity contribution in [3.8, 4) is 0 Å². The van der Waals surface area contributed by atoms with Gasteiger partial charge in [-0.05, 0) is 26.8 Å². The summed E-state index contributed by atoms with van der Waals surface area (Å²) < 4.78 is 0. The zero-order valence-corrected chi connectivity index (χ0v) is 7.02. The lowest BCUT2D eigenvalue weighted by Gasteiger charge is -1.75. The van der Waals surface area contributed by atoms with Crippen molar-refractivity contribution < 1.29 is 5.11 Å². The van der Waals surface area contributed by atoms with E-state index in [1.165, 1.54) is 11.6 Å². The fourth-order valence-electron chi connectivity index (χ4n) is 0.127. The minimum atomic E-state index is 0.859. The molecule has 0 aromatic carbocycles. The Balaban J connectivity index is 0. The third kappa shape index (κ3) is 62.3. The molecule has 0 heterocycles. The Morgan fingerprint density at radius 1 is 1.20 bits per heavy atom. The van der Waals surface area contributed by atoms with Gasteiger partial charge in [-0.3, -0.25) is 0 Å². The molecular weight excluding hydrogens is 124 g/mol. The van der Waals surface area contributed by atoms with Gasteiger partial charge in [0.1, 0.15) is 0 Å². The van der Waals surface area contributed by atoms with Gasteiger partial charge in [0.05, 0.1) is 6.26 Å². The maximum absolute atomic E-state index is 8.00. The molecule has 0 aliphatic rings. The summed E-state index contributed by atoms with van der Waals surface area (Å²) in [7, 11) is 0. The van der Waals surface area contributed by atoms with Crippen LogP contribution < -0.4 is 0 Å². The van der Waals surface area contributed by atoms with E-state index in [0.717, 1.165) is 11.8 Å².